The van der Waals surface area contributed by atoms with Gasteiger partial charge in [0.25, 0.3) is 0 Å². The summed E-state index contributed by atoms with van der Waals surface area (Å²) in [6.07, 6.45) is 0. The first kappa shape index (κ1) is 15.7. The van der Waals surface area contributed by atoms with E-state index in [0.717, 1.165) is 28.4 Å². The van der Waals surface area contributed by atoms with Gasteiger partial charge in [0.2, 0.25) is 0 Å². The van der Waals surface area contributed by atoms with Crippen LogP contribution in [-0.2, 0) is 13.2 Å². The predicted octanol–water partition coefficient (Wildman–Crippen LogP) is 3.84. The van der Waals surface area contributed by atoms with Gasteiger partial charge in [0.15, 0.2) is 0 Å². The highest BCUT2D eigenvalue weighted by atomic mass is 32.2. The highest BCUT2D eigenvalue weighted by Gasteiger charge is 2.08. The number of hydrogen-bond donors (Lipinski definition) is 1. The molecule has 112 valence electrons. The zero-order valence-corrected chi connectivity index (χ0v) is 13.3. The number of ether oxygens (including phenoxy) is 2. The third-order valence-electron chi connectivity index (χ3n) is 3.12. The van der Waals surface area contributed by atoms with Gasteiger partial charge in [-0.2, -0.15) is 0 Å². The lowest BCUT2D eigenvalue weighted by molar-refractivity contribution is 0.301. The minimum atomic E-state index is 0.483. The Bertz CT molecular complexity index is 587. The fourth-order valence-corrected chi connectivity index (χ4v) is 2.94. The van der Waals surface area contributed by atoms with Gasteiger partial charge in [-0.1, -0.05) is 25.1 Å². The number of benzene rings is 2. The average Bonchev–Trinajstić information content (AvgIpc) is 2.53. The molecule has 0 atom stereocenters. The van der Waals surface area contributed by atoms with Gasteiger partial charge >= 0.3 is 0 Å². The van der Waals surface area contributed by atoms with Gasteiger partial charge in [-0.15, -0.1) is 11.8 Å². The molecule has 4 heteroatoms. The third kappa shape index (κ3) is 4.16. The molecule has 21 heavy (non-hydrogen) atoms. The van der Waals surface area contributed by atoms with Crippen LogP contribution in [0.15, 0.2) is 47.4 Å². The van der Waals surface area contributed by atoms with Crippen LogP contribution in [0.25, 0.3) is 0 Å². The van der Waals surface area contributed by atoms with Crippen molar-refractivity contribution in [2.75, 3.05) is 12.9 Å². The van der Waals surface area contributed by atoms with Crippen molar-refractivity contribution >= 4 is 11.8 Å². The van der Waals surface area contributed by atoms with E-state index in [1.54, 1.807) is 18.9 Å². The number of rotatable bonds is 7. The zero-order chi connectivity index (χ0) is 15.1. The Morgan fingerprint density at radius 3 is 2.67 bits per heavy atom. The first-order chi connectivity index (χ1) is 10.3. The number of thioether (sulfide) groups is 1. The van der Waals surface area contributed by atoms with Crippen LogP contribution in [0.5, 0.6) is 11.5 Å². The molecule has 0 heterocycles. The van der Waals surface area contributed by atoms with Gasteiger partial charge in [0.05, 0.1) is 7.11 Å². The van der Waals surface area contributed by atoms with Crippen molar-refractivity contribution in [1.82, 2.24) is 0 Å². The lowest BCUT2D eigenvalue weighted by atomic mass is 10.2. The summed E-state index contributed by atoms with van der Waals surface area (Å²) < 4.78 is 11.2. The van der Waals surface area contributed by atoms with E-state index in [-0.39, 0.29) is 0 Å². The van der Waals surface area contributed by atoms with E-state index in [2.05, 4.69) is 13.0 Å². The highest BCUT2D eigenvalue weighted by molar-refractivity contribution is 7.99. The lowest BCUT2D eigenvalue weighted by Crippen LogP contribution is -2.04. The van der Waals surface area contributed by atoms with Crippen molar-refractivity contribution in [2.45, 2.75) is 25.0 Å². The summed E-state index contributed by atoms with van der Waals surface area (Å²) in [5.41, 5.74) is 8.03. The van der Waals surface area contributed by atoms with E-state index in [9.17, 15) is 0 Å². The fraction of sp³-hybridized carbons (Fsp3) is 0.294. The van der Waals surface area contributed by atoms with Crippen LogP contribution in [0.2, 0.25) is 0 Å². The molecule has 2 aromatic carbocycles. The van der Waals surface area contributed by atoms with Crippen LogP contribution < -0.4 is 15.2 Å². The first-order valence-corrected chi connectivity index (χ1v) is 7.97. The number of hydrogen-bond acceptors (Lipinski definition) is 4. The molecule has 3 nitrogen and oxygen atoms in total. The van der Waals surface area contributed by atoms with Gasteiger partial charge in [-0.3, -0.25) is 0 Å². The van der Waals surface area contributed by atoms with Crippen molar-refractivity contribution in [1.29, 1.82) is 0 Å². The molecule has 0 bridgehead atoms. The Morgan fingerprint density at radius 2 is 1.95 bits per heavy atom. The van der Waals surface area contributed by atoms with E-state index in [0.29, 0.717) is 13.2 Å². The van der Waals surface area contributed by atoms with Crippen LogP contribution in [0, 0.1) is 0 Å². The minimum absolute atomic E-state index is 0.483. The molecule has 0 saturated heterocycles. The molecule has 0 aliphatic heterocycles. The second kappa shape index (κ2) is 7.96. The molecule has 0 unspecified atom stereocenters. The van der Waals surface area contributed by atoms with Crippen molar-refractivity contribution in [3.63, 3.8) is 0 Å². The molecule has 0 saturated carbocycles. The average molecular weight is 303 g/mol. The smallest absolute Gasteiger partial charge is 0.125 e. The fourth-order valence-electron chi connectivity index (χ4n) is 2.10. The summed E-state index contributed by atoms with van der Waals surface area (Å²) in [6.45, 7) is 3.12. The normalized spacial score (nSPS) is 10.4. The molecule has 0 amide bonds. The SMILES string of the molecule is CCSc1cccc(OCc2cccc(OC)c2)c1CN. The Kier molecular flexibility index (Phi) is 5.96. The largest absolute Gasteiger partial charge is 0.497 e. The van der Waals surface area contributed by atoms with Gasteiger partial charge in [-0.05, 0) is 35.6 Å². The Hall–Kier alpha value is -1.65. The van der Waals surface area contributed by atoms with Gasteiger partial charge in [0.1, 0.15) is 18.1 Å². The quantitative estimate of drug-likeness (QED) is 0.789. The standard InChI is InChI=1S/C17H21NO2S/c1-3-21-17-9-5-8-16(15(17)11-18)20-12-13-6-4-7-14(10-13)19-2/h4-10H,3,11-12,18H2,1-2H3. The predicted molar refractivity (Wildman–Crippen MR) is 88.1 cm³/mol. The Labute approximate surface area is 130 Å². The van der Waals surface area contributed by atoms with Crippen LogP contribution in [0.4, 0.5) is 0 Å². The monoisotopic (exact) mass is 303 g/mol. The van der Waals surface area contributed by atoms with E-state index in [1.807, 2.05) is 36.4 Å². The summed E-state index contributed by atoms with van der Waals surface area (Å²) in [6, 6.07) is 14.0. The molecule has 0 aromatic heterocycles. The van der Waals surface area contributed by atoms with Crippen molar-refractivity contribution in [3.05, 3.63) is 53.6 Å². The molecule has 0 aliphatic carbocycles. The Balaban J connectivity index is 2.13. The van der Waals surface area contributed by atoms with Gasteiger partial charge in [0, 0.05) is 17.0 Å². The maximum Gasteiger partial charge on any atom is 0.125 e. The second-order valence-corrected chi connectivity index (χ2v) is 5.82. The molecule has 0 spiro atoms. The highest BCUT2D eigenvalue weighted by Crippen LogP contribution is 2.30. The topological polar surface area (TPSA) is 44.5 Å². The van der Waals surface area contributed by atoms with Crippen LogP contribution in [0.3, 0.4) is 0 Å². The summed E-state index contributed by atoms with van der Waals surface area (Å²) >= 11 is 1.79. The third-order valence-corrected chi connectivity index (χ3v) is 4.10. The lowest BCUT2D eigenvalue weighted by Gasteiger charge is -2.14. The van der Waals surface area contributed by atoms with Crippen LogP contribution >= 0.6 is 11.8 Å². The summed E-state index contributed by atoms with van der Waals surface area (Å²) in [5, 5.41) is 0. The maximum atomic E-state index is 5.95. The minimum Gasteiger partial charge on any atom is -0.497 e. The van der Waals surface area contributed by atoms with Crippen LogP contribution in [-0.4, -0.2) is 12.9 Å². The van der Waals surface area contributed by atoms with Crippen LogP contribution in [0.1, 0.15) is 18.1 Å². The summed E-state index contributed by atoms with van der Waals surface area (Å²) in [5.74, 6) is 2.72. The van der Waals surface area contributed by atoms with E-state index < -0.39 is 0 Å². The molecular weight excluding hydrogens is 282 g/mol. The number of nitrogens with two attached hydrogens (primary N) is 1. The van der Waals surface area contributed by atoms with E-state index in [1.165, 1.54) is 4.90 Å². The van der Waals surface area contributed by atoms with E-state index in [4.69, 9.17) is 15.2 Å². The van der Waals surface area contributed by atoms with Gasteiger partial charge < -0.3 is 15.2 Å². The molecule has 2 N–H and O–H groups in total. The van der Waals surface area contributed by atoms with Gasteiger partial charge in [-0.25, -0.2) is 0 Å². The molecule has 0 aliphatic rings. The second-order valence-electron chi connectivity index (χ2n) is 4.51. The van der Waals surface area contributed by atoms with Crippen molar-refractivity contribution in [3.8, 4) is 11.5 Å². The molecule has 2 aromatic rings. The number of methoxy groups -OCH3 is 1. The molecule has 0 radical (unpaired) electrons. The first-order valence-electron chi connectivity index (χ1n) is 6.99. The van der Waals surface area contributed by atoms with Crippen molar-refractivity contribution < 1.29 is 9.47 Å². The Morgan fingerprint density at radius 1 is 1.14 bits per heavy atom. The molecular formula is C17H21NO2S. The molecule has 0 fully saturated rings. The zero-order valence-electron chi connectivity index (χ0n) is 12.5. The summed E-state index contributed by atoms with van der Waals surface area (Å²) in [7, 11) is 1.66. The van der Waals surface area contributed by atoms with Crippen molar-refractivity contribution in [2.24, 2.45) is 5.73 Å². The maximum absolute atomic E-state index is 5.95. The molecule has 2 rings (SSSR count). The van der Waals surface area contributed by atoms with E-state index >= 15 is 0 Å². The summed E-state index contributed by atoms with van der Waals surface area (Å²) in [4.78, 5) is 1.20.